The van der Waals surface area contributed by atoms with E-state index < -0.39 is 0 Å². The maximum atomic E-state index is 6.18. The van der Waals surface area contributed by atoms with Crippen molar-refractivity contribution < 1.29 is 0 Å². The summed E-state index contributed by atoms with van der Waals surface area (Å²) in [5.74, 6) is 0.719. The Balaban J connectivity index is 1.68. The van der Waals surface area contributed by atoms with Crippen molar-refractivity contribution in [2.24, 2.45) is 5.10 Å². The van der Waals surface area contributed by atoms with Crippen molar-refractivity contribution in [2.75, 3.05) is 6.26 Å². The second-order valence-electron chi connectivity index (χ2n) is 4.86. The lowest BCUT2D eigenvalue weighted by molar-refractivity contribution is 0.767. The van der Waals surface area contributed by atoms with E-state index in [0.29, 0.717) is 0 Å². The molecule has 3 rings (SSSR count). The van der Waals surface area contributed by atoms with Crippen LogP contribution in [-0.4, -0.2) is 27.3 Å². The van der Waals surface area contributed by atoms with Crippen LogP contribution < -0.4 is 0 Å². The van der Waals surface area contributed by atoms with Gasteiger partial charge in [-0.15, -0.1) is 22.0 Å². The molecule has 4 nitrogen and oxygen atoms in total. The Morgan fingerprint density at radius 2 is 1.96 bits per heavy atom. The highest BCUT2D eigenvalue weighted by Crippen LogP contribution is 2.25. The SMILES string of the molecule is CSc1ccc(/C=N/n2cnnc2SCc2ccccc2Cl)cc1. The average molecular weight is 375 g/mol. The highest BCUT2D eigenvalue weighted by Gasteiger charge is 2.06. The zero-order chi connectivity index (χ0) is 16.8. The minimum Gasteiger partial charge on any atom is -0.195 e. The first-order valence-corrected chi connectivity index (χ1v) is 9.80. The van der Waals surface area contributed by atoms with Crippen LogP contribution in [0.4, 0.5) is 0 Å². The third-order valence-electron chi connectivity index (χ3n) is 3.26. The van der Waals surface area contributed by atoms with Gasteiger partial charge < -0.3 is 0 Å². The first kappa shape index (κ1) is 17.1. The van der Waals surface area contributed by atoms with E-state index in [1.54, 1.807) is 40.7 Å². The predicted molar refractivity (Wildman–Crippen MR) is 102 cm³/mol. The summed E-state index contributed by atoms with van der Waals surface area (Å²) >= 11 is 9.45. The third kappa shape index (κ3) is 4.41. The molecule has 0 saturated carbocycles. The van der Waals surface area contributed by atoms with Crippen LogP contribution in [0.25, 0.3) is 0 Å². The molecule has 122 valence electrons. The van der Waals surface area contributed by atoms with Crippen LogP contribution in [0.1, 0.15) is 11.1 Å². The standard InChI is InChI=1S/C17H15ClN4S2/c1-23-15-8-6-13(7-9-15)10-20-22-12-19-21-17(22)24-11-14-4-2-3-5-16(14)18/h2-10,12H,11H2,1H3/b20-10+. The minimum absolute atomic E-state index is 0.719. The molecule has 1 aromatic heterocycles. The summed E-state index contributed by atoms with van der Waals surface area (Å²) in [4.78, 5) is 1.23. The Hall–Kier alpha value is -1.76. The van der Waals surface area contributed by atoms with Gasteiger partial charge in [0, 0.05) is 15.7 Å². The van der Waals surface area contributed by atoms with Gasteiger partial charge in [-0.2, -0.15) is 9.78 Å². The van der Waals surface area contributed by atoms with Crippen LogP contribution in [-0.2, 0) is 5.75 Å². The summed E-state index contributed by atoms with van der Waals surface area (Å²) < 4.78 is 1.67. The van der Waals surface area contributed by atoms with Gasteiger partial charge in [-0.25, -0.2) is 0 Å². The molecule has 0 N–H and O–H groups in total. The molecule has 0 saturated heterocycles. The second-order valence-corrected chi connectivity index (χ2v) is 7.09. The molecule has 0 atom stereocenters. The molecule has 7 heteroatoms. The largest absolute Gasteiger partial charge is 0.212 e. The van der Waals surface area contributed by atoms with Crippen molar-refractivity contribution >= 4 is 41.3 Å². The van der Waals surface area contributed by atoms with Crippen molar-refractivity contribution in [1.82, 2.24) is 14.9 Å². The number of hydrogen-bond acceptors (Lipinski definition) is 5. The Kier molecular flexibility index (Phi) is 5.96. The highest BCUT2D eigenvalue weighted by atomic mass is 35.5. The Labute approximate surface area is 154 Å². The van der Waals surface area contributed by atoms with Gasteiger partial charge in [0.05, 0.1) is 6.21 Å². The van der Waals surface area contributed by atoms with Crippen LogP contribution in [0.2, 0.25) is 5.02 Å². The molecule has 0 unspecified atom stereocenters. The van der Waals surface area contributed by atoms with Crippen molar-refractivity contribution in [3.8, 4) is 0 Å². The van der Waals surface area contributed by atoms with Crippen molar-refractivity contribution in [3.63, 3.8) is 0 Å². The van der Waals surface area contributed by atoms with Crippen molar-refractivity contribution in [1.29, 1.82) is 0 Å². The molecule has 1 heterocycles. The fourth-order valence-corrected chi connectivity index (χ4v) is 3.53. The van der Waals surface area contributed by atoms with Gasteiger partial charge in [-0.3, -0.25) is 0 Å². The van der Waals surface area contributed by atoms with E-state index in [9.17, 15) is 0 Å². The Morgan fingerprint density at radius 1 is 1.17 bits per heavy atom. The summed E-state index contributed by atoms with van der Waals surface area (Å²) in [5.41, 5.74) is 2.10. The zero-order valence-electron chi connectivity index (χ0n) is 13.0. The minimum atomic E-state index is 0.719. The number of hydrogen-bond donors (Lipinski definition) is 0. The quantitative estimate of drug-likeness (QED) is 0.458. The third-order valence-corrected chi connectivity index (χ3v) is 5.36. The van der Waals surface area contributed by atoms with E-state index in [1.165, 1.54) is 4.90 Å². The van der Waals surface area contributed by atoms with Gasteiger partial charge in [0.1, 0.15) is 6.33 Å². The molecule has 0 spiro atoms. The van der Waals surface area contributed by atoms with E-state index in [1.807, 2.05) is 36.4 Å². The first-order chi connectivity index (χ1) is 11.8. The number of rotatable bonds is 6. The van der Waals surface area contributed by atoms with Gasteiger partial charge in [-0.1, -0.05) is 53.7 Å². The normalized spacial score (nSPS) is 11.2. The highest BCUT2D eigenvalue weighted by molar-refractivity contribution is 7.98. The number of nitrogens with zero attached hydrogens (tertiary/aromatic N) is 4. The van der Waals surface area contributed by atoms with Gasteiger partial charge >= 0.3 is 0 Å². The van der Waals surface area contributed by atoms with Gasteiger partial charge in [0.2, 0.25) is 5.16 Å². The molecule has 0 amide bonds. The predicted octanol–water partition coefficient (Wildman–Crippen LogP) is 4.83. The molecular formula is C17H15ClN4S2. The fourth-order valence-electron chi connectivity index (χ4n) is 1.97. The van der Waals surface area contributed by atoms with E-state index in [2.05, 4.69) is 33.7 Å². The molecule has 24 heavy (non-hydrogen) atoms. The Bertz CT molecular complexity index is 831. The molecule has 0 aliphatic heterocycles. The van der Waals surface area contributed by atoms with Gasteiger partial charge in [0.25, 0.3) is 0 Å². The van der Waals surface area contributed by atoms with Crippen LogP contribution in [0.3, 0.4) is 0 Å². The second kappa shape index (κ2) is 8.37. The lowest BCUT2D eigenvalue weighted by atomic mass is 10.2. The summed E-state index contributed by atoms with van der Waals surface area (Å²) in [5, 5.41) is 14.0. The summed E-state index contributed by atoms with van der Waals surface area (Å²) in [7, 11) is 0. The number of thioether (sulfide) groups is 2. The maximum Gasteiger partial charge on any atom is 0.212 e. The van der Waals surface area contributed by atoms with Crippen LogP contribution in [0.15, 0.2) is 70.0 Å². The molecule has 3 aromatic rings. The van der Waals surface area contributed by atoms with Gasteiger partial charge in [0.15, 0.2) is 0 Å². The van der Waals surface area contributed by atoms with E-state index in [-0.39, 0.29) is 0 Å². The summed E-state index contributed by atoms with van der Waals surface area (Å²) in [6.45, 7) is 0. The molecular weight excluding hydrogens is 360 g/mol. The molecule has 2 aromatic carbocycles. The number of halogens is 1. The summed E-state index contributed by atoms with van der Waals surface area (Å²) in [6, 6.07) is 16.0. The van der Waals surface area contributed by atoms with Gasteiger partial charge in [-0.05, 0) is 35.6 Å². The van der Waals surface area contributed by atoms with Crippen LogP contribution in [0.5, 0.6) is 0 Å². The lowest BCUT2D eigenvalue weighted by Gasteiger charge is -2.03. The summed E-state index contributed by atoms with van der Waals surface area (Å²) in [6.07, 6.45) is 5.46. The van der Waals surface area contributed by atoms with E-state index in [4.69, 9.17) is 11.6 Å². The Morgan fingerprint density at radius 3 is 2.71 bits per heavy atom. The smallest absolute Gasteiger partial charge is 0.195 e. The topological polar surface area (TPSA) is 43.1 Å². The maximum absolute atomic E-state index is 6.18. The fraction of sp³-hybridized carbons (Fsp3) is 0.118. The number of benzene rings is 2. The zero-order valence-corrected chi connectivity index (χ0v) is 15.4. The van der Waals surface area contributed by atoms with Crippen molar-refractivity contribution in [3.05, 3.63) is 71.0 Å². The van der Waals surface area contributed by atoms with Crippen LogP contribution in [0, 0.1) is 0 Å². The first-order valence-electron chi connectivity index (χ1n) is 7.21. The van der Waals surface area contributed by atoms with Crippen molar-refractivity contribution in [2.45, 2.75) is 15.8 Å². The average Bonchev–Trinajstić information content (AvgIpc) is 3.07. The lowest BCUT2D eigenvalue weighted by Crippen LogP contribution is -1.93. The molecule has 0 fully saturated rings. The molecule has 0 radical (unpaired) electrons. The van der Waals surface area contributed by atoms with E-state index >= 15 is 0 Å². The number of aromatic nitrogens is 3. The van der Waals surface area contributed by atoms with Crippen LogP contribution >= 0.6 is 35.1 Å². The molecule has 0 aliphatic rings. The monoisotopic (exact) mass is 374 g/mol. The molecule has 0 aliphatic carbocycles. The van der Waals surface area contributed by atoms with E-state index in [0.717, 1.165) is 27.1 Å². The molecule has 0 bridgehead atoms.